The van der Waals surface area contributed by atoms with Crippen LogP contribution in [0.15, 0.2) is 18.3 Å². The van der Waals surface area contributed by atoms with E-state index in [-0.39, 0.29) is 12.2 Å². The van der Waals surface area contributed by atoms with Crippen molar-refractivity contribution in [3.63, 3.8) is 0 Å². The molecule has 0 spiro atoms. The second kappa shape index (κ2) is 5.71. The SMILES string of the molecule is C[C@@H]1Oc2cccnc2CC(=O)[C@H]1NC(=O)OC(C)(C)C. The molecule has 0 radical (unpaired) electrons. The van der Waals surface area contributed by atoms with Crippen molar-refractivity contribution in [2.24, 2.45) is 0 Å². The zero-order valence-corrected chi connectivity index (χ0v) is 12.7. The minimum atomic E-state index is -0.756. The molecule has 1 N–H and O–H groups in total. The molecule has 1 aromatic heterocycles. The van der Waals surface area contributed by atoms with Crippen LogP contribution in [0.3, 0.4) is 0 Å². The number of pyridine rings is 1. The molecule has 114 valence electrons. The van der Waals surface area contributed by atoms with Crippen LogP contribution in [0, 0.1) is 0 Å². The number of aromatic nitrogens is 1. The van der Waals surface area contributed by atoms with Gasteiger partial charge in [-0.3, -0.25) is 9.78 Å². The predicted molar refractivity (Wildman–Crippen MR) is 76.2 cm³/mol. The lowest BCUT2D eigenvalue weighted by Crippen LogP contribution is -2.50. The van der Waals surface area contributed by atoms with Crippen LogP contribution in [-0.2, 0) is 16.0 Å². The van der Waals surface area contributed by atoms with Crippen molar-refractivity contribution < 1.29 is 19.1 Å². The highest BCUT2D eigenvalue weighted by atomic mass is 16.6. The van der Waals surface area contributed by atoms with Crippen molar-refractivity contribution in [2.75, 3.05) is 0 Å². The molecule has 2 atom stereocenters. The van der Waals surface area contributed by atoms with Crippen molar-refractivity contribution in [1.82, 2.24) is 10.3 Å². The topological polar surface area (TPSA) is 77.5 Å². The molecule has 6 nitrogen and oxygen atoms in total. The number of carbonyl (C=O) groups excluding carboxylic acids is 2. The first-order valence-electron chi connectivity index (χ1n) is 6.89. The van der Waals surface area contributed by atoms with Crippen molar-refractivity contribution >= 4 is 11.9 Å². The molecule has 21 heavy (non-hydrogen) atoms. The Balaban J connectivity index is 2.11. The summed E-state index contributed by atoms with van der Waals surface area (Å²) in [5, 5.41) is 2.59. The largest absolute Gasteiger partial charge is 0.486 e. The summed E-state index contributed by atoms with van der Waals surface area (Å²) in [7, 11) is 0. The molecular weight excluding hydrogens is 272 g/mol. The molecule has 2 rings (SSSR count). The van der Waals surface area contributed by atoms with E-state index in [4.69, 9.17) is 9.47 Å². The molecule has 2 heterocycles. The lowest BCUT2D eigenvalue weighted by atomic mass is 10.0. The third kappa shape index (κ3) is 3.93. The molecule has 0 unspecified atom stereocenters. The molecule has 0 saturated heterocycles. The van der Waals surface area contributed by atoms with E-state index >= 15 is 0 Å². The number of nitrogens with zero attached hydrogens (tertiary/aromatic N) is 1. The minimum absolute atomic E-state index is 0.126. The Bertz CT molecular complexity index is 551. The van der Waals surface area contributed by atoms with Gasteiger partial charge in [0.25, 0.3) is 0 Å². The van der Waals surface area contributed by atoms with E-state index in [1.165, 1.54) is 0 Å². The first-order chi connectivity index (χ1) is 9.76. The zero-order valence-electron chi connectivity index (χ0n) is 12.7. The monoisotopic (exact) mass is 292 g/mol. The summed E-state index contributed by atoms with van der Waals surface area (Å²) in [5.41, 5.74) is -0.0326. The Kier molecular flexibility index (Phi) is 4.16. The maximum Gasteiger partial charge on any atom is 0.408 e. The summed E-state index contributed by atoms with van der Waals surface area (Å²) in [6, 6.07) is 2.76. The number of ether oxygens (including phenoxy) is 2. The second-order valence-corrected chi connectivity index (χ2v) is 6.04. The van der Waals surface area contributed by atoms with E-state index in [1.807, 2.05) is 0 Å². The van der Waals surface area contributed by atoms with Gasteiger partial charge in [0.15, 0.2) is 5.78 Å². The number of fused-ring (bicyclic) bond motifs is 1. The quantitative estimate of drug-likeness (QED) is 0.855. The average Bonchev–Trinajstić information content (AvgIpc) is 2.46. The van der Waals surface area contributed by atoms with Gasteiger partial charge in [-0.15, -0.1) is 0 Å². The van der Waals surface area contributed by atoms with E-state index < -0.39 is 23.8 Å². The number of hydrogen-bond donors (Lipinski definition) is 1. The van der Waals surface area contributed by atoms with Gasteiger partial charge in [0.05, 0.1) is 12.1 Å². The number of rotatable bonds is 1. The summed E-state index contributed by atoms with van der Waals surface area (Å²) in [4.78, 5) is 28.3. The van der Waals surface area contributed by atoms with Gasteiger partial charge < -0.3 is 14.8 Å². The van der Waals surface area contributed by atoms with Gasteiger partial charge in [0.2, 0.25) is 0 Å². The van der Waals surface area contributed by atoms with Gasteiger partial charge in [0.1, 0.15) is 23.5 Å². The van der Waals surface area contributed by atoms with Gasteiger partial charge in [-0.2, -0.15) is 0 Å². The van der Waals surface area contributed by atoms with Crippen LogP contribution in [0.5, 0.6) is 5.75 Å². The van der Waals surface area contributed by atoms with Crippen molar-refractivity contribution in [1.29, 1.82) is 0 Å². The lowest BCUT2D eigenvalue weighted by Gasteiger charge is -2.25. The van der Waals surface area contributed by atoms with E-state index in [0.29, 0.717) is 11.4 Å². The maximum absolute atomic E-state index is 12.3. The Labute approximate surface area is 123 Å². The Morgan fingerprint density at radius 1 is 1.48 bits per heavy atom. The van der Waals surface area contributed by atoms with Crippen molar-refractivity contribution in [3.8, 4) is 5.75 Å². The van der Waals surface area contributed by atoms with E-state index in [2.05, 4.69) is 10.3 Å². The number of ketones is 1. The second-order valence-electron chi connectivity index (χ2n) is 6.04. The normalized spacial score (nSPS) is 21.8. The molecule has 1 aliphatic heterocycles. The number of Topliss-reactive ketones (excluding diaryl/α,β-unsaturated/α-hetero) is 1. The molecule has 6 heteroatoms. The summed E-state index contributed by atoms with van der Waals surface area (Å²) < 4.78 is 10.9. The first-order valence-corrected chi connectivity index (χ1v) is 6.89. The van der Waals surface area contributed by atoms with Crippen LogP contribution in [0.2, 0.25) is 0 Å². The van der Waals surface area contributed by atoms with E-state index in [1.54, 1.807) is 46.0 Å². The molecule has 0 aromatic carbocycles. The third-order valence-electron chi connectivity index (χ3n) is 2.99. The summed E-state index contributed by atoms with van der Waals surface area (Å²) in [6.07, 6.45) is 0.619. The summed E-state index contributed by atoms with van der Waals surface area (Å²) in [5.74, 6) is 0.428. The molecule has 0 saturated carbocycles. The molecule has 1 amide bonds. The average molecular weight is 292 g/mol. The van der Waals surface area contributed by atoms with Crippen molar-refractivity contribution in [3.05, 3.63) is 24.0 Å². The highest BCUT2D eigenvalue weighted by molar-refractivity contribution is 5.90. The third-order valence-corrected chi connectivity index (χ3v) is 2.99. The minimum Gasteiger partial charge on any atom is -0.486 e. The molecular formula is C15H20N2O4. The number of nitrogens with one attached hydrogen (secondary N) is 1. The fourth-order valence-electron chi connectivity index (χ4n) is 2.10. The van der Waals surface area contributed by atoms with Crippen LogP contribution in [-0.4, -0.2) is 34.6 Å². The fraction of sp³-hybridized carbons (Fsp3) is 0.533. The molecule has 0 bridgehead atoms. The van der Waals surface area contributed by atoms with E-state index in [0.717, 1.165) is 0 Å². The number of amides is 1. The maximum atomic E-state index is 12.3. The van der Waals surface area contributed by atoms with Gasteiger partial charge in [-0.1, -0.05) is 0 Å². The van der Waals surface area contributed by atoms with Gasteiger partial charge in [-0.25, -0.2) is 4.79 Å². The Morgan fingerprint density at radius 3 is 2.86 bits per heavy atom. The highest BCUT2D eigenvalue weighted by Crippen LogP contribution is 2.23. The number of alkyl carbamates (subject to hydrolysis) is 1. The molecule has 0 aliphatic carbocycles. The predicted octanol–water partition coefficient (Wildman–Crippen LogP) is 1.87. The van der Waals surface area contributed by atoms with E-state index in [9.17, 15) is 9.59 Å². The zero-order chi connectivity index (χ0) is 15.6. The smallest absolute Gasteiger partial charge is 0.408 e. The lowest BCUT2D eigenvalue weighted by molar-refractivity contribution is -0.121. The van der Waals surface area contributed by atoms with Crippen LogP contribution in [0.4, 0.5) is 4.79 Å². The summed E-state index contributed by atoms with van der Waals surface area (Å²) in [6.45, 7) is 7.03. The number of carbonyl (C=O) groups is 2. The molecule has 1 aliphatic rings. The van der Waals surface area contributed by atoms with Gasteiger partial charge in [0, 0.05) is 6.20 Å². The van der Waals surface area contributed by atoms with Crippen LogP contribution < -0.4 is 10.1 Å². The fourth-order valence-corrected chi connectivity index (χ4v) is 2.10. The van der Waals surface area contributed by atoms with Crippen molar-refractivity contribution in [2.45, 2.75) is 51.9 Å². The highest BCUT2D eigenvalue weighted by Gasteiger charge is 2.33. The molecule has 0 fully saturated rings. The number of hydrogen-bond acceptors (Lipinski definition) is 5. The van der Waals surface area contributed by atoms with Gasteiger partial charge in [-0.05, 0) is 39.8 Å². The Hall–Kier alpha value is -2.11. The molecule has 1 aromatic rings. The van der Waals surface area contributed by atoms with Crippen LogP contribution in [0.1, 0.15) is 33.4 Å². The van der Waals surface area contributed by atoms with Crippen LogP contribution in [0.25, 0.3) is 0 Å². The summed E-state index contributed by atoms with van der Waals surface area (Å²) >= 11 is 0. The van der Waals surface area contributed by atoms with Crippen LogP contribution >= 0.6 is 0 Å². The standard InChI is InChI=1S/C15H20N2O4/c1-9-13(17-14(19)21-15(2,3)4)11(18)8-10-12(20-9)6-5-7-16-10/h5-7,9,13H,8H2,1-4H3,(H,17,19)/t9-,13-/m0/s1. The first kappa shape index (κ1) is 15.3. The van der Waals surface area contributed by atoms with Gasteiger partial charge >= 0.3 is 6.09 Å². The Morgan fingerprint density at radius 2 is 2.19 bits per heavy atom.